The molecule has 0 aliphatic rings. The van der Waals surface area contributed by atoms with Crippen molar-refractivity contribution in [3.8, 4) is 23.0 Å². The number of methoxy groups -OCH3 is 4. The van der Waals surface area contributed by atoms with Crippen molar-refractivity contribution in [1.29, 1.82) is 0 Å². The zero-order valence-corrected chi connectivity index (χ0v) is 15.7. The third kappa shape index (κ3) is 4.20. The van der Waals surface area contributed by atoms with E-state index < -0.39 is 5.92 Å². The monoisotopic (exact) mass is 360 g/mol. The summed E-state index contributed by atoms with van der Waals surface area (Å²) in [5, 5.41) is 0. The second kappa shape index (κ2) is 8.99. The molecule has 2 aromatic carbocycles. The topological polar surface area (TPSA) is 63.2 Å². The Morgan fingerprint density at radius 3 is 2.08 bits per heavy atom. The average molecular weight is 360 g/mol. The molecule has 0 aromatic heterocycles. The highest BCUT2D eigenvalue weighted by Crippen LogP contribution is 2.38. The molecule has 0 saturated heterocycles. The number of carbonyl (C=O) groups is 1. The molecule has 0 aliphatic carbocycles. The van der Waals surface area contributed by atoms with Crippen molar-refractivity contribution in [2.45, 2.75) is 19.4 Å². The molecule has 0 spiro atoms. The molecule has 6 heteroatoms. The first-order valence-corrected chi connectivity index (χ1v) is 8.14. The van der Waals surface area contributed by atoms with Gasteiger partial charge in [0.25, 0.3) is 0 Å². The lowest BCUT2D eigenvalue weighted by Gasteiger charge is -2.17. The van der Waals surface area contributed by atoms with Gasteiger partial charge in [-0.3, -0.25) is 4.79 Å². The Kier molecular flexibility index (Phi) is 6.72. The van der Waals surface area contributed by atoms with Crippen LogP contribution < -0.4 is 18.9 Å². The Morgan fingerprint density at radius 1 is 0.923 bits per heavy atom. The molecule has 0 N–H and O–H groups in total. The fraction of sp³-hybridized carbons (Fsp3) is 0.350. The lowest BCUT2D eigenvalue weighted by molar-refractivity contribution is -0.142. The van der Waals surface area contributed by atoms with E-state index in [-0.39, 0.29) is 12.6 Å². The third-order valence-corrected chi connectivity index (χ3v) is 4.06. The summed E-state index contributed by atoms with van der Waals surface area (Å²) in [6, 6.07) is 11.1. The predicted molar refractivity (Wildman–Crippen MR) is 97.3 cm³/mol. The summed E-state index contributed by atoms with van der Waals surface area (Å²) >= 11 is 0. The first kappa shape index (κ1) is 19.4. The Morgan fingerprint density at radius 2 is 1.54 bits per heavy atom. The number of para-hydroxylation sites is 1. The normalized spacial score (nSPS) is 11.4. The van der Waals surface area contributed by atoms with Gasteiger partial charge in [0.15, 0.2) is 11.5 Å². The molecule has 0 heterocycles. The van der Waals surface area contributed by atoms with Gasteiger partial charge in [0.2, 0.25) is 5.75 Å². The van der Waals surface area contributed by atoms with Crippen LogP contribution in [0.3, 0.4) is 0 Å². The van der Waals surface area contributed by atoms with Gasteiger partial charge in [-0.2, -0.15) is 0 Å². The molecule has 1 unspecified atom stereocenters. The van der Waals surface area contributed by atoms with Gasteiger partial charge in [0, 0.05) is 5.56 Å². The van der Waals surface area contributed by atoms with Gasteiger partial charge in [-0.15, -0.1) is 0 Å². The minimum Gasteiger partial charge on any atom is -0.493 e. The van der Waals surface area contributed by atoms with Crippen molar-refractivity contribution in [2.24, 2.45) is 0 Å². The van der Waals surface area contributed by atoms with E-state index in [1.165, 1.54) is 7.11 Å². The van der Waals surface area contributed by atoms with Crippen LogP contribution in [0.25, 0.3) is 0 Å². The van der Waals surface area contributed by atoms with Crippen LogP contribution >= 0.6 is 0 Å². The predicted octanol–water partition coefficient (Wildman–Crippen LogP) is 3.57. The molecular weight excluding hydrogens is 336 g/mol. The van der Waals surface area contributed by atoms with Crippen LogP contribution in [0.5, 0.6) is 23.0 Å². The van der Waals surface area contributed by atoms with Crippen LogP contribution in [0.4, 0.5) is 0 Å². The van der Waals surface area contributed by atoms with Gasteiger partial charge in [-0.05, 0) is 30.7 Å². The zero-order chi connectivity index (χ0) is 19.1. The van der Waals surface area contributed by atoms with Gasteiger partial charge in [-0.1, -0.05) is 18.2 Å². The summed E-state index contributed by atoms with van der Waals surface area (Å²) in [5.74, 6) is 1.53. The van der Waals surface area contributed by atoms with E-state index in [2.05, 4.69) is 0 Å². The summed E-state index contributed by atoms with van der Waals surface area (Å²) < 4.78 is 26.8. The van der Waals surface area contributed by atoms with Crippen LogP contribution in [0, 0.1) is 0 Å². The number of hydrogen-bond acceptors (Lipinski definition) is 6. The van der Waals surface area contributed by atoms with E-state index in [4.69, 9.17) is 23.7 Å². The minimum absolute atomic E-state index is 0.279. The Hall–Kier alpha value is -2.89. The molecule has 0 fully saturated rings. The highest BCUT2D eigenvalue weighted by molar-refractivity contribution is 5.78. The summed E-state index contributed by atoms with van der Waals surface area (Å²) in [6.45, 7) is 2.06. The maximum absolute atomic E-state index is 11.9. The van der Waals surface area contributed by atoms with Crippen LogP contribution in [0.15, 0.2) is 36.4 Å². The average Bonchev–Trinajstić information content (AvgIpc) is 2.70. The van der Waals surface area contributed by atoms with E-state index >= 15 is 0 Å². The molecule has 0 bridgehead atoms. The molecule has 2 aromatic rings. The molecule has 26 heavy (non-hydrogen) atoms. The lowest BCUT2D eigenvalue weighted by atomic mass is 10.0. The van der Waals surface area contributed by atoms with Gasteiger partial charge in [0.1, 0.15) is 12.4 Å². The van der Waals surface area contributed by atoms with Crippen molar-refractivity contribution >= 4 is 5.97 Å². The largest absolute Gasteiger partial charge is 0.493 e. The van der Waals surface area contributed by atoms with E-state index in [1.807, 2.05) is 36.4 Å². The number of rotatable bonds is 8. The molecule has 140 valence electrons. The Labute approximate surface area is 153 Å². The van der Waals surface area contributed by atoms with Gasteiger partial charge < -0.3 is 23.7 Å². The zero-order valence-electron chi connectivity index (χ0n) is 15.7. The number of esters is 1. The summed E-state index contributed by atoms with van der Waals surface area (Å²) in [7, 11) is 6.06. The maximum atomic E-state index is 11.9. The minimum atomic E-state index is -0.420. The highest BCUT2D eigenvalue weighted by atomic mass is 16.5. The molecule has 0 aliphatic heterocycles. The van der Waals surface area contributed by atoms with Gasteiger partial charge >= 0.3 is 5.97 Å². The standard InChI is InChI=1S/C20H24O6/c1-13(20(21)25-5)15-8-6-7-9-16(15)26-12-14-10-17(22-2)19(24-4)18(11-14)23-3/h6-11,13H,12H2,1-5H3. The Bertz CT molecular complexity index is 731. The molecular formula is C20H24O6. The molecule has 2 rings (SSSR count). The van der Waals surface area contributed by atoms with Gasteiger partial charge in [-0.25, -0.2) is 0 Å². The second-order valence-corrected chi connectivity index (χ2v) is 5.60. The number of hydrogen-bond donors (Lipinski definition) is 0. The van der Waals surface area contributed by atoms with E-state index in [9.17, 15) is 4.79 Å². The SMILES string of the molecule is COC(=O)C(C)c1ccccc1OCc1cc(OC)c(OC)c(OC)c1. The highest BCUT2D eigenvalue weighted by Gasteiger charge is 2.20. The third-order valence-electron chi connectivity index (χ3n) is 4.06. The maximum Gasteiger partial charge on any atom is 0.312 e. The fourth-order valence-corrected chi connectivity index (χ4v) is 2.65. The van der Waals surface area contributed by atoms with Crippen LogP contribution in [0.1, 0.15) is 24.0 Å². The molecule has 0 amide bonds. The van der Waals surface area contributed by atoms with E-state index in [0.717, 1.165) is 11.1 Å². The summed E-state index contributed by atoms with van der Waals surface area (Å²) in [5.41, 5.74) is 1.62. The van der Waals surface area contributed by atoms with Crippen molar-refractivity contribution in [1.82, 2.24) is 0 Å². The smallest absolute Gasteiger partial charge is 0.312 e. The summed E-state index contributed by atoms with van der Waals surface area (Å²) in [4.78, 5) is 11.9. The number of ether oxygens (including phenoxy) is 5. The summed E-state index contributed by atoms with van der Waals surface area (Å²) in [6.07, 6.45) is 0. The van der Waals surface area contributed by atoms with Crippen molar-refractivity contribution in [3.05, 3.63) is 47.5 Å². The van der Waals surface area contributed by atoms with Gasteiger partial charge in [0.05, 0.1) is 34.4 Å². The van der Waals surface area contributed by atoms with Crippen molar-refractivity contribution in [3.63, 3.8) is 0 Å². The van der Waals surface area contributed by atoms with Crippen LogP contribution in [-0.2, 0) is 16.1 Å². The van der Waals surface area contributed by atoms with Crippen molar-refractivity contribution < 1.29 is 28.5 Å². The second-order valence-electron chi connectivity index (χ2n) is 5.60. The first-order valence-electron chi connectivity index (χ1n) is 8.14. The van der Waals surface area contributed by atoms with Crippen LogP contribution in [0.2, 0.25) is 0 Å². The molecule has 0 saturated carbocycles. The molecule has 0 radical (unpaired) electrons. The fourth-order valence-electron chi connectivity index (χ4n) is 2.65. The van der Waals surface area contributed by atoms with Crippen LogP contribution in [-0.4, -0.2) is 34.4 Å². The quantitative estimate of drug-likeness (QED) is 0.671. The van der Waals surface area contributed by atoms with E-state index in [1.54, 1.807) is 28.3 Å². The lowest BCUT2D eigenvalue weighted by Crippen LogP contribution is -2.12. The Balaban J connectivity index is 2.26. The molecule has 6 nitrogen and oxygen atoms in total. The number of benzene rings is 2. The van der Waals surface area contributed by atoms with Crippen molar-refractivity contribution in [2.75, 3.05) is 28.4 Å². The molecule has 1 atom stereocenters. The van der Waals surface area contributed by atoms with E-state index in [0.29, 0.717) is 23.0 Å². The number of carbonyl (C=O) groups excluding carboxylic acids is 1. The first-order chi connectivity index (χ1) is 12.5.